The summed E-state index contributed by atoms with van der Waals surface area (Å²) < 4.78 is 4.93. The van der Waals surface area contributed by atoms with Crippen LogP contribution in [0.3, 0.4) is 0 Å². The zero-order valence-electron chi connectivity index (χ0n) is 8.45. The van der Waals surface area contributed by atoms with Crippen molar-refractivity contribution in [1.29, 1.82) is 0 Å². The van der Waals surface area contributed by atoms with Crippen LogP contribution in [0.15, 0.2) is 12.2 Å². The van der Waals surface area contributed by atoms with Crippen LogP contribution in [0.4, 0.5) is 0 Å². The van der Waals surface area contributed by atoms with Gasteiger partial charge in [-0.05, 0) is 25.2 Å². The van der Waals surface area contributed by atoms with Gasteiger partial charge < -0.3 is 4.74 Å². The first-order valence-electron chi connectivity index (χ1n) is 5.19. The van der Waals surface area contributed by atoms with Crippen LogP contribution in [0.1, 0.15) is 19.3 Å². The van der Waals surface area contributed by atoms with Gasteiger partial charge in [-0.3, -0.25) is 9.69 Å². The van der Waals surface area contributed by atoms with Gasteiger partial charge in [0.15, 0.2) is 0 Å². The molecule has 0 N–H and O–H groups in total. The van der Waals surface area contributed by atoms with Crippen molar-refractivity contribution in [2.75, 3.05) is 13.7 Å². The van der Waals surface area contributed by atoms with E-state index in [2.05, 4.69) is 11.5 Å². The van der Waals surface area contributed by atoms with Crippen LogP contribution in [-0.2, 0) is 9.53 Å². The molecule has 1 aliphatic carbocycles. The van der Waals surface area contributed by atoms with Gasteiger partial charge in [0.05, 0.1) is 7.11 Å². The topological polar surface area (TPSA) is 29.5 Å². The molecule has 2 aliphatic heterocycles. The van der Waals surface area contributed by atoms with E-state index in [1.54, 1.807) is 0 Å². The molecule has 3 aliphatic rings. The highest BCUT2D eigenvalue weighted by atomic mass is 16.5. The van der Waals surface area contributed by atoms with Crippen LogP contribution in [0.25, 0.3) is 0 Å². The number of hydrogen-bond acceptors (Lipinski definition) is 3. The zero-order valence-corrected chi connectivity index (χ0v) is 8.45. The van der Waals surface area contributed by atoms with E-state index in [1.165, 1.54) is 19.1 Å². The molecule has 3 nitrogen and oxygen atoms in total. The molecule has 3 fully saturated rings. The van der Waals surface area contributed by atoms with Gasteiger partial charge in [-0.1, -0.05) is 12.2 Å². The van der Waals surface area contributed by atoms with Crippen molar-refractivity contribution in [2.24, 2.45) is 5.92 Å². The quantitative estimate of drug-likeness (QED) is 0.459. The molecule has 0 radical (unpaired) electrons. The normalized spacial score (nSPS) is 44.8. The Hall–Kier alpha value is -0.830. The molecule has 1 saturated carbocycles. The summed E-state index contributed by atoms with van der Waals surface area (Å²) in [6.07, 6.45) is 3.07. The maximum atomic E-state index is 11.8. The second kappa shape index (κ2) is 2.40. The molecule has 0 amide bonds. The number of nitrogens with zero attached hydrogens (tertiary/aromatic N) is 1. The first-order valence-corrected chi connectivity index (χ1v) is 5.19. The van der Waals surface area contributed by atoms with E-state index in [4.69, 9.17) is 4.74 Å². The minimum absolute atomic E-state index is 0.0525. The third-order valence-electron chi connectivity index (χ3n) is 3.94. The van der Waals surface area contributed by atoms with Gasteiger partial charge in [0.2, 0.25) is 0 Å². The van der Waals surface area contributed by atoms with E-state index in [0.29, 0.717) is 6.04 Å². The molecule has 0 aromatic carbocycles. The van der Waals surface area contributed by atoms with Crippen molar-refractivity contribution in [1.82, 2.24) is 4.90 Å². The Morgan fingerprint density at radius 1 is 1.71 bits per heavy atom. The van der Waals surface area contributed by atoms with Gasteiger partial charge in [0.25, 0.3) is 0 Å². The Morgan fingerprint density at radius 2 is 2.50 bits per heavy atom. The predicted molar refractivity (Wildman–Crippen MR) is 51.7 cm³/mol. The molecule has 0 aromatic rings. The summed E-state index contributed by atoms with van der Waals surface area (Å²) in [5, 5.41) is 0. The Labute approximate surface area is 83.7 Å². The maximum absolute atomic E-state index is 11.8. The fraction of sp³-hybridized carbons (Fsp3) is 0.727. The lowest BCUT2D eigenvalue weighted by atomic mass is 9.91. The number of carbonyl (C=O) groups is 1. The van der Waals surface area contributed by atoms with Crippen LogP contribution in [0.2, 0.25) is 0 Å². The van der Waals surface area contributed by atoms with Crippen LogP contribution < -0.4 is 0 Å². The van der Waals surface area contributed by atoms with Crippen molar-refractivity contribution < 1.29 is 9.53 Å². The summed E-state index contributed by atoms with van der Waals surface area (Å²) >= 11 is 0. The van der Waals surface area contributed by atoms with Gasteiger partial charge in [-0.15, -0.1) is 0 Å². The van der Waals surface area contributed by atoms with E-state index in [-0.39, 0.29) is 11.5 Å². The van der Waals surface area contributed by atoms with E-state index in [9.17, 15) is 4.79 Å². The Morgan fingerprint density at radius 3 is 3.21 bits per heavy atom. The number of rotatable bonds is 1. The smallest absolute Gasteiger partial charge is 0.326 e. The molecule has 0 bridgehead atoms. The van der Waals surface area contributed by atoms with E-state index in [1.807, 2.05) is 0 Å². The predicted octanol–water partition coefficient (Wildman–Crippen LogP) is 0.952. The molecule has 14 heavy (non-hydrogen) atoms. The third kappa shape index (κ3) is 0.836. The van der Waals surface area contributed by atoms with Crippen molar-refractivity contribution >= 4 is 5.97 Å². The molecule has 2 saturated heterocycles. The monoisotopic (exact) mass is 193 g/mol. The van der Waals surface area contributed by atoms with E-state index in [0.717, 1.165) is 25.3 Å². The fourth-order valence-electron chi connectivity index (χ4n) is 3.32. The number of hydrogen-bond donors (Lipinski definition) is 0. The number of methoxy groups -OCH3 is 1. The van der Waals surface area contributed by atoms with Gasteiger partial charge in [0, 0.05) is 12.6 Å². The van der Waals surface area contributed by atoms with E-state index < -0.39 is 0 Å². The van der Waals surface area contributed by atoms with Crippen molar-refractivity contribution in [3.05, 3.63) is 12.2 Å². The molecule has 3 heteroatoms. The molecule has 3 rings (SSSR count). The summed E-state index contributed by atoms with van der Waals surface area (Å²) in [6, 6.07) is 0.647. The van der Waals surface area contributed by atoms with Crippen molar-refractivity contribution in [3.63, 3.8) is 0 Å². The second-order valence-electron chi connectivity index (χ2n) is 4.85. The minimum Gasteiger partial charge on any atom is -0.468 e. The first-order chi connectivity index (χ1) is 6.67. The van der Waals surface area contributed by atoms with Gasteiger partial charge >= 0.3 is 5.97 Å². The Kier molecular flexibility index (Phi) is 1.45. The average Bonchev–Trinajstić information content (AvgIpc) is 2.72. The van der Waals surface area contributed by atoms with Crippen LogP contribution in [0.5, 0.6) is 0 Å². The molecule has 0 aromatic heterocycles. The highest BCUT2D eigenvalue weighted by molar-refractivity contribution is 5.83. The number of carbonyl (C=O) groups excluding carboxylic acids is 1. The number of esters is 1. The van der Waals surface area contributed by atoms with Gasteiger partial charge in [-0.2, -0.15) is 0 Å². The zero-order chi connectivity index (χ0) is 9.92. The Balaban J connectivity index is 1.96. The standard InChI is InChI=1S/C11H15NO2/c1-7-4-11(10(13)14-2)5-8-3-9(8)12(11)6-7/h8-9H,1,3-6H2,2H3/t8-,9-,11-/m1/s1. The number of ether oxygens (including phenoxy) is 1. The summed E-state index contributed by atoms with van der Waals surface area (Å²) in [4.78, 5) is 14.1. The maximum Gasteiger partial charge on any atom is 0.326 e. The second-order valence-corrected chi connectivity index (χ2v) is 4.85. The molecular weight excluding hydrogens is 178 g/mol. The molecule has 76 valence electrons. The molecule has 0 spiro atoms. The lowest BCUT2D eigenvalue weighted by Gasteiger charge is -2.30. The highest BCUT2D eigenvalue weighted by Crippen LogP contribution is 2.57. The summed E-state index contributed by atoms with van der Waals surface area (Å²) in [6.45, 7) is 4.90. The van der Waals surface area contributed by atoms with Crippen molar-refractivity contribution in [3.8, 4) is 0 Å². The number of fused-ring (bicyclic) bond motifs is 3. The highest BCUT2D eigenvalue weighted by Gasteiger charge is 2.65. The third-order valence-corrected chi connectivity index (χ3v) is 3.94. The summed E-state index contributed by atoms with van der Waals surface area (Å²) in [7, 11) is 1.49. The SMILES string of the molecule is C=C1CN2[C@@H]3C[C@@H]3C[C@@]2(C(=O)OC)C1. The van der Waals surface area contributed by atoms with Gasteiger partial charge in [-0.25, -0.2) is 0 Å². The Bertz CT molecular complexity index is 325. The minimum atomic E-state index is -0.320. The van der Waals surface area contributed by atoms with Gasteiger partial charge in [0.1, 0.15) is 5.54 Å². The summed E-state index contributed by atoms with van der Waals surface area (Å²) in [5.74, 6) is 0.700. The van der Waals surface area contributed by atoms with E-state index >= 15 is 0 Å². The average molecular weight is 193 g/mol. The van der Waals surface area contributed by atoms with Crippen LogP contribution in [-0.4, -0.2) is 36.1 Å². The lowest BCUT2D eigenvalue weighted by molar-refractivity contribution is -0.152. The molecule has 3 atom stereocenters. The van der Waals surface area contributed by atoms with Crippen LogP contribution in [0, 0.1) is 5.92 Å². The lowest BCUT2D eigenvalue weighted by Crippen LogP contribution is -2.48. The summed E-state index contributed by atoms with van der Waals surface area (Å²) in [5.41, 5.74) is 0.861. The first kappa shape index (κ1) is 8.48. The number of piperidine rings is 1. The fourth-order valence-corrected chi connectivity index (χ4v) is 3.32. The van der Waals surface area contributed by atoms with Crippen LogP contribution >= 0.6 is 0 Å². The molecule has 2 heterocycles. The molecular formula is C11H15NO2. The largest absolute Gasteiger partial charge is 0.468 e. The molecule has 0 unspecified atom stereocenters. The van der Waals surface area contributed by atoms with Crippen molar-refractivity contribution in [2.45, 2.75) is 30.8 Å².